The third kappa shape index (κ3) is 3.25. The summed E-state index contributed by atoms with van der Waals surface area (Å²) in [6.45, 7) is 3.82. The first-order valence-electron chi connectivity index (χ1n) is 6.77. The molecule has 2 amide bonds. The first kappa shape index (κ1) is 15.5. The van der Waals surface area contributed by atoms with Gasteiger partial charge in [0.2, 0.25) is 11.8 Å². The zero-order valence-electron chi connectivity index (χ0n) is 11.8. The normalized spacial score (nSPS) is 22.6. The highest BCUT2D eigenvalue weighted by Crippen LogP contribution is 2.36. The second kappa shape index (κ2) is 5.87. The summed E-state index contributed by atoms with van der Waals surface area (Å²) in [5.74, 6) is -6.15. The van der Waals surface area contributed by atoms with E-state index in [9.17, 15) is 22.8 Å². The van der Waals surface area contributed by atoms with E-state index < -0.39 is 41.1 Å². The Morgan fingerprint density at radius 1 is 1.19 bits per heavy atom. The van der Waals surface area contributed by atoms with Crippen molar-refractivity contribution in [2.75, 3.05) is 0 Å². The molecule has 1 N–H and O–H groups in total. The minimum atomic E-state index is -1.55. The van der Waals surface area contributed by atoms with Crippen LogP contribution in [-0.2, 0) is 9.59 Å². The monoisotopic (exact) mass is 299 g/mol. The molecule has 2 rings (SSSR count). The number of rotatable bonds is 3. The lowest BCUT2D eigenvalue weighted by atomic mass is 9.76. The molecule has 0 bridgehead atoms. The number of halogens is 3. The van der Waals surface area contributed by atoms with Gasteiger partial charge in [-0.2, -0.15) is 0 Å². The molecule has 1 heterocycles. The second-order valence-corrected chi connectivity index (χ2v) is 5.76. The van der Waals surface area contributed by atoms with E-state index in [0.29, 0.717) is 6.42 Å². The summed E-state index contributed by atoms with van der Waals surface area (Å²) < 4.78 is 39.8. The minimum absolute atomic E-state index is 0.0480. The lowest BCUT2D eigenvalue weighted by molar-refractivity contribution is -0.137. The molecule has 6 heteroatoms. The molecule has 0 aliphatic carbocycles. The van der Waals surface area contributed by atoms with Crippen molar-refractivity contribution in [2.45, 2.75) is 32.6 Å². The van der Waals surface area contributed by atoms with Gasteiger partial charge in [0.15, 0.2) is 17.5 Å². The van der Waals surface area contributed by atoms with Crippen LogP contribution >= 0.6 is 0 Å². The SMILES string of the molecule is CC(C)CC1C(=O)NC(=O)CC1c1cc(F)c(F)c(F)c1. The third-order valence-electron chi connectivity index (χ3n) is 3.65. The smallest absolute Gasteiger partial charge is 0.230 e. The summed E-state index contributed by atoms with van der Waals surface area (Å²) in [5, 5.41) is 2.24. The van der Waals surface area contributed by atoms with Crippen molar-refractivity contribution in [3.05, 3.63) is 35.1 Å². The van der Waals surface area contributed by atoms with E-state index in [1.165, 1.54) is 0 Å². The standard InChI is InChI=1S/C15H16F3NO2/c1-7(2)3-10-9(6-13(20)19-15(10)21)8-4-11(16)14(18)12(17)5-8/h4-5,7,9-10H,3,6H2,1-2H3,(H,19,20,21). The van der Waals surface area contributed by atoms with Gasteiger partial charge < -0.3 is 0 Å². The van der Waals surface area contributed by atoms with Crippen molar-refractivity contribution in [1.82, 2.24) is 5.32 Å². The van der Waals surface area contributed by atoms with E-state index in [1.807, 2.05) is 13.8 Å². The minimum Gasteiger partial charge on any atom is -0.296 e. The molecule has 1 aromatic carbocycles. The fraction of sp³-hybridized carbons (Fsp3) is 0.467. The van der Waals surface area contributed by atoms with Gasteiger partial charge in [0.25, 0.3) is 0 Å². The highest BCUT2D eigenvalue weighted by atomic mass is 19.2. The Hall–Kier alpha value is -1.85. The largest absolute Gasteiger partial charge is 0.296 e. The number of carbonyl (C=O) groups is 2. The van der Waals surface area contributed by atoms with Gasteiger partial charge in [-0.3, -0.25) is 14.9 Å². The van der Waals surface area contributed by atoms with Crippen molar-refractivity contribution in [1.29, 1.82) is 0 Å². The molecular weight excluding hydrogens is 283 g/mol. The maximum absolute atomic E-state index is 13.4. The van der Waals surface area contributed by atoms with Gasteiger partial charge in [-0.15, -0.1) is 0 Å². The molecule has 1 aliphatic heterocycles. The summed E-state index contributed by atoms with van der Waals surface area (Å²) in [6, 6.07) is 1.73. The van der Waals surface area contributed by atoms with E-state index in [4.69, 9.17) is 0 Å². The van der Waals surface area contributed by atoms with Crippen LogP contribution in [-0.4, -0.2) is 11.8 Å². The zero-order valence-corrected chi connectivity index (χ0v) is 11.8. The van der Waals surface area contributed by atoms with Crippen LogP contribution in [0.5, 0.6) is 0 Å². The summed E-state index contributed by atoms with van der Waals surface area (Å²) >= 11 is 0. The van der Waals surface area contributed by atoms with Gasteiger partial charge >= 0.3 is 0 Å². The van der Waals surface area contributed by atoms with Crippen LogP contribution in [0, 0.1) is 29.3 Å². The third-order valence-corrected chi connectivity index (χ3v) is 3.65. The second-order valence-electron chi connectivity index (χ2n) is 5.76. The summed E-state index contributed by atoms with van der Waals surface area (Å²) in [5.41, 5.74) is 0.139. The summed E-state index contributed by atoms with van der Waals surface area (Å²) in [7, 11) is 0. The van der Waals surface area contributed by atoms with Crippen LogP contribution in [0.25, 0.3) is 0 Å². The molecule has 1 fully saturated rings. The van der Waals surface area contributed by atoms with Gasteiger partial charge in [0.1, 0.15) is 0 Å². The molecular formula is C15H16F3NO2. The predicted molar refractivity (Wildman–Crippen MR) is 69.8 cm³/mol. The van der Waals surface area contributed by atoms with Crippen molar-refractivity contribution >= 4 is 11.8 Å². The van der Waals surface area contributed by atoms with Crippen LogP contribution in [0.15, 0.2) is 12.1 Å². The molecule has 0 spiro atoms. The Labute approximate surface area is 120 Å². The molecule has 2 unspecified atom stereocenters. The topological polar surface area (TPSA) is 46.2 Å². The molecule has 0 aromatic heterocycles. The Morgan fingerprint density at radius 3 is 2.29 bits per heavy atom. The van der Waals surface area contributed by atoms with E-state index in [2.05, 4.69) is 5.32 Å². The van der Waals surface area contributed by atoms with E-state index in [1.54, 1.807) is 0 Å². The quantitative estimate of drug-likeness (QED) is 0.689. The number of hydrogen-bond donors (Lipinski definition) is 1. The highest BCUT2D eigenvalue weighted by molar-refractivity contribution is 5.99. The lowest BCUT2D eigenvalue weighted by Gasteiger charge is -2.31. The molecule has 1 saturated heterocycles. The van der Waals surface area contributed by atoms with Crippen molar-refractivity contribution < 1.29 is 22.8 Å². The van der Waals surface area contributed by atoms with E-state index in [0.717, 1.165) is 12.1 Å². The number of imide groups is 1. The first-order valence-corrected chi connectivity index (χ1v) is 6.77. The van der Waals surface area contributed by atoms with Gasteiger partial charge in [0, 0.05) is 18.3 Å². The number of carbonyl (C=O) groups excluding carboxylic acids is 2. The molecule has 1 aliphatic rings. The fourth-order valence-electron chi connectivity index (χ4n) is 2.72. The molecule has 21 heavy (non-hydrogen) atoms. The molecule has 1 aromatic rings. The maximum atomic E-state index is 13.4. The van der Waals surface area contributed by atoms with Gasteiger partial charge in [0.05, 0.1) is 0 Å². The van der Waals surface area contributed by atoms with Crippen molar-refractivity contribution in [2.24, 2.45) is 11.8 Å². The number of nitrogens with one attached hydrogen (secondary N) is 1. The number of benzene rings is 1. The molecule has 2 atom stereocenters. The fourth-order valence-corrected chi connectivity index (χ4v) is 2.72. The number of amides is 2. The van der Waals surface area contributed by atoms with Crippen LogP contribution < -0.4 is 5.32 Å². The Kier molecular flexibility index (Phi) is 4.34. The van der Waals surface area contributed by atoms with E-state index in [-0.39, 0.29) is 17.9 Å². The highest BCUT2D eigenvalue weighted by Gasteiger charge is 2.37. The Morgan fingerprint density at radius 2 is 1.76 bits per heavy atom. The van der Waals surface area contributed by atoms with Crippen LogP contribution in [0.2, 0.25) is 0 Å². The lowest BCUT2D eigenvalue weighted by Crippen LogP contribution is -2.45. The van der Waals surface area contributed by atoms with Crippen molar-refractivity contribution in [3.8, 4) is 0 Å². The van der Waals surface area contributed by atoms with Crippen LogP contribution in [0.4, 0.5) is 13.2 Å². The Balaban J connectivity index is 2.41. The van der Waals surface area contributed by atoms with Crippen molar-refractivity contribution in [3.63, 3.8) is 0 Å². The average Bonchev–Trinajstić information content (AvgIpc) is 2.38. The molecule has 3 nitrogen and oxygen atoms in total. The number of piperidine rings is 1. The molecule has 0 radical (unpaired) electrons. The molecule has 0 saturated carbocycles. The summed E-state index contributed by atoms with van der Waals surface area (Å²) in [6.07, 6.45) is 0.429. The predicted octanol–water partition coefficient (Wildman–Crippen LogP) is 2.90. The number of hydrogen-bond acceptors (Lipinski definition) is 2. The maximum Gasteiger partial charge on any atom is 0.230 e. The first-order chi connectivity index (χ1) is 9.79. The average molecular weight is 299 g/mol. The summed E-state index contributed by atoms with van der Waals surface area (Å²) in [4.78, 5) is 23.5. The zero-order chi connectivity index (χ0) is 15.7. The van der Waals surface area contributed by atoms with Gasteiger partial charge in [-0.25, -0.2) is 13.2 Å². The van der Waals surface area contributed by atoms with Crippen LogP contribution in [0.1, 0.15) is 38.2 Å². The Bertz CT molecular complexity index is 563. The van der Waals surface area contributed by atoms with Crippen LogP contribution in [0.3, 0.4) is 0 Å². The van der Waals surface area contributed by atoms with E-state index >= 15 is 0 Å². The van der Waals surface area contributed by atoms with Gasteiger partial charge in [-0.1, -0.05) is 13.8 Å². The molecule has 114 valence electrons. The van der Waals surface area contributed by atoms with Gasteiger partial charge in [-0.05, 0) is 30.0 Å².